The zero-order valence-corrected chi connectivity index (χ0v) is 28.2. The van der Waals surface area contributed by atoms with Crippen LogP contribution in [0.5, 0.6) is 0 Å². The van der Waals surface area contributed by atoms with E-state index in [9.17, 15) is 39.5 Å². The largest absolute Gasteiger partial charge is 0.481 e. The Bertz CT molecular complexity index is 2020. The van der Waals surface area contributed by atoms with Crippen LogP contribution in [0.4, 0.5) is 11.4 Å². The number of hydrogen-bond acceptors (Lipinski definition) is 8. The van der Waals surface area contributed by atoms with E-state index in [0.717, 1.165) is 16.3 Å². The van der Waals surface area contributed by atoms with Crippen molar-refractivity contribution in [2.75, 3.05) is 5.32 Å². The first kappa shape index (κ1) is 37.7. The van der Waals surface area contributed by atoms with E-state index in [2.05, 4.69) is 10.3 Å². The predicted octanol–water partition coefficient (Wildman–Crippen LogP) is 6.72. The topological polar surface area (TPSA) is 193 Å². The number of nitrogens with one attached hydrogen (secondary N) is 1. The molecule has 0 fully saturated rings. The van der Waals surface area contributed by atoms with Gasteiger partial charge in [-0.2, -0.15) is 0 Å². The van der Waals surface area contributed by atoms with Crippen molar-refractivity contribution in [1.29, 1.82) is 0 Å². The van der Waals surface area contributed by atoms with Crippen molar-refractivity contribution in [3.05, 3.63) is 136 Å². The molecule has 5 aromatic rings. The summed E-state index contributed by atoms with van der Waals surface area (Å²) in [4.78, 5) is 66.8. The zero-order valence-electron chi connectivity index (χ0n) is 27.4. The summed E-state index contributed by atoms with van der Waals surface area (Å²) in [5, 5.41) is 35.2. The van der Waals surface area contributed by atoms with E-state index in [1.165, 1.54) is 35.5 Å². The van der Waals surface area contributed by atoms with E-state index in [0.29, 0.717) is 17.0 Å². The molecule has 264 valence electrons. The van der Waals surface area contributed by atoms with E-state index in [1.807, 2.05) is 42.5 Å². The Morgan fingerprint density at radius 1 is 0.902 bits per heavy atom. The molecule has 0 spiro atoms. The second-order valence-electron chi connectivity index (χ2n) is 11.9. The molecular weight excluding hydrogens is 680 g/mol. The van der Waals surface area contributed by atoms with Gasteiger partial charge in [-0.05, 0) is 59.2 Å². The molecule has 5 rings (SSSR count). The number of carboxylic acid groups (broad SMARTS) is 2. The van der Waals surface area contributed by atoms with Crippen molar-refractivity contribution in [3.8, 4) is 0 Å². The third kappa shape index (κ3) is 9.76. The van der Waals surface area contributed by atoms with Gasteiger partial charge in [-0.25, -0.2) is 0 Å². The van der Waals surface area contributed by atoms with E-state index in [1.54, 1.807) is 37.3 Å². The quantitative estimate of drug-likeness (QED) is 0.0774. The molecule has 0 saturated carbocycles. The average molecular weight is 715 g/mol. The molecule has 0 radical (unpaired) electrons. The number of carbonyl (C=O) groups excluding carboxylic acids is 2. The van der Waals surface area contributed by atoms with Crippen molar-refractivity contribution in [1.82, 2.24) is 9.88 Å². The van der Waals surface area contributed by atoms with Crippen molar-refractivity contribution in [3.63, 3.8) is 0 Å². The van der Waals surface area contributed by atoms with Crippen molar-refractivity contribution < 1.29 is 38.7 Å². The van der Waals surface area contributed by atoms with Gasteiger partial charge < -0.3 is 24.8 Å². The van der Waals surface area contributed by atoms with Gasteiger partial charge >= 0.3 is 11.9 Å². The maximum absolute atomic E-state index is 14.0. The Morgan fingerprint density at radius 3 is 2.24 bits per heavy atom. The molecule has 3 aromatic carbocycles. The summed E-state index contributed by atoms with van der Waals surface area (Å²) < 4.78 is 5.95. The van der Waals surface area contributed by atoms with Crippen molar-refractivity contribution >= 4 is 58.3 Å². The molecule has 2 amide bonds. The maximum Gasteiger partial charge on any atom is 0.307 e. The minimum Gasteiger partial charge on any atom is -0.481 e. The molecule has 3 atom stereocenters. The van der Waals surface area contributed by atoms with Crippen LogP contribution in [0.25, 0.3) is 10.8 Å². The van der Waals surface area contributed by atoms with Crippen LogP contribution in [0.1, 0.15) is 53.1 Å². The van der Waals surface area contributed by atoms with Crippen LogP contribution in [-0.2, 0) is 27.3 Å². The van der Waals surface area contributed by atoms with Gasteiger partial charge in [-0.1, -0.05) is 48.5 Å². The maximum atomic E-state index is 14.0. The normalized spacial score (nSPS) is 12.6. The number of hydrogen-bond donors (Lipinski definition) is 3. The van der Waals surface area contributed by atoms with Crippen LogP contribution in [0.3, 0.4) is 0 Å². The van der Waals surface area contributed by atoms with Gasteiger partial charge in [-0.3, -0.25) is 34.3 Å². The highest BCUT2D eigenvalue weighted by Gasteiger charge is 2.33. The fraction of sp³-hybridized carbons (Fsp3) is 0.216. The smallest absolute Gasteiger partial charge is 0.307 e. The minimum atomic E-state index is -1.46. The number of nitro benzene ring substituents is 1. The number of aromatic nitrogens is 1. The number of amides is 2. The minimum absolute atomic E-state index is 0. The number of pyridine rings is 1. The standard InChI is InChI=1S/C37H34N4O9.ClH/c1-23(40(34(42)19-28(37(46)47)20-35(43)44)22-24-6-7-25-4-2-3-5-27(25)18-24)32(26-8-10-30(11-9-26)41(48)49)21-31-12-13-33(50-31)36(45)39-29-14-16-38-17-15-29;/h2-18,23,28,32H,19-22H2,1H3,(H,43,44)(H,46,47)(H,38,39,45);1H. The van der Waals surface area contributed by atoms with Crippen LogP contribution in [0.15, 0.2) is 108 Å². The lowest BCUT2D eigenvalue weighted by molar-refractivity contribution is -0.384. The Balaban J connectivity index is 0.00000583. The second-order valence-corrected chi connectivity index (χ2v) is 11.9. The van der Waals surface area contributed by atoms with Gasteiger partial charge in [0.1, 0.15) is 5.76 Å². The number of fused-ring (bicyclic) bond motifs is 1. The summed E-state index contributed by atoms with van der Waals surface area (Å²) in [5.74, 6) is -5.41. The lowest BCUT2D eigenvalue weighted by atomic mass is 9.86. The first-order valence-electron chi connectivity index (χ1n) is 15.7. The average Bonchev–Trinajstić information content (AvgIpc) is 3.58. The number of benzene rings is 3. The number of aliphatic carboxylic acids is 2. The van der Waals surface area contributed by atoms with Gasteiger partial charge in [0.2, 0.25) is 5.91 Å². The summed E-state index contributed by atoms with van der Waals surface area (Å²) >= 11 is 0. The number of anilines is 1. The Labute approximate surface area is 298 Å². The lowest BCUT2D eigenvalue weighted by Crippen LogP contribution is -2.43. The molecule has 2 aromatic heterocycles. The molecule has 0 aliphatic rings. The Kier molecular flexibility index (Phi) is 12.6. The molecule has 2 heterocycles. The molecule has 0 bridgehead atoms. The van der Waals surface area contributed by atoms with Gasteiger partial charge in [-0.15, -0.1) is 12.4 Å². The highest BCUT2D eigenvalue weighted by Crippen LogP contribution is 2.32. The van der Waals surface area contributed by atoms with Crippen LogP contribution < -0.4 is 5.32 Å². The molecule has 14 heteroatoms. The fourth-order valence-corrected chi connectivity index (χ4v) is 5.86. The lowest BCUT2D eigenvalue weighted by Gasteiger charge is -2.36. The molecule has 0 aliphatic carbocycles. The van der Waals surface area contributed by atoms with Gasteiger partial charge in [0.05, 0.1) is 17.3 Å². The summed E-state index contributed by atoms with van der Waals surface area (Å²) in [6.07, 6.45) is 1.92. The summed E-state index contributed by atoms with van der Waals surface area (Å²) in [6.45, 7) is 1.84. The SMILES string of the molecule is CC(C(Cc1ccc(C(=O)Nc2ccncc2)o1)c1ccc([N+](=O)[O-])cc1)N(Cc1ccc2ccccc2c1)C(=O)CC(CC(=O)O)C(=O)O.Cl. The molecular formula is C37H35ClN4O9. The van der Waals surface area contributed by atoms with E-state index >= 15 is 0 Å². The molecule has 13 nitrogen and oxygen atoms in total. The van der Waals surface area contributed by atoms with E-state index in [4.69, 9.17) is 4.42 Å². The summed E-state index contributed by atoms with van der Waals surface area (Å²) in [5.41, 5.74) is 1.77. The number of carboxylic acids is 2. The second kappa shape index (κ2) is 17.0. The molecule has 3 unspecified atom stereocenters. The molecule has 0 saturated heterocycles. The molecule has 51 heavy (non-hydrogen) atoms. The highest BCUT2D eigenvalue weighted by molar-refractivity contribution is 6.02. The number of halogens is 1. The monoisotopic (exact) mass is 714 g/mol. The predicted molar refractivity (Wildman–Crippen MR) is 190 cm³/mol. The zero-order chi connectivity index (χ0) is 35.8. The number of furan rings is 1. The molecule has 0 aliphatic heterocycles. The van der Waals surface area contributed by atoms with Gasteiger partial charge in [0.25, 0.3) is 11.6 Å². The number of carbonyl (C=O) groups is 4. The van der Waals surface area contributed by atoms with Crippen LogP contribution in [0.2, 0.25) is 0 Å². The van der Waals surface area contributed by atoms with Crippen LogP contribution in [0, 0.1) is 16.0 Å². The van der Waals surface area contributed by atoms with Crippen LogP contribution >= 0.6 is 12.4 Å². The third-order valence-electron chi connectivity index (χ3n) is 8.53. The van der Waals surface area contributed by atoms with E-state index in [-0.39, 0.29) is 36.8 Å². The van der Waals surface area contributed by atoms with Gasteiger partial charge in [0.15, 0.2) is 5.76 Å². The molecule has 3 N–H and O–H groups in total. The number of nitro groups is 1. The number of non-ortho nitro benzene ring substituents is 1. The number of rotatable bonds is 15. The van der Waals surface area contributed by atoms with Crippen molar-refractivity contribution in [2.45, 2.75) is 44.7 Å². The Hall–Kier alpha value is -6.08. The summed E-state index contributed by atoms with van der Waals surface area (Å²) in [6, 6.07) is 25.0. The third-order valence-corrected chi connectivity index (χ3v) is 8.53. The van der Waals surface area contributed by atoms with Crippen LogP contribution in [-0.4, -0.2) is 54.8 Å². The fourth-order valence-electron chi connectivity index (χ4n) is 5.86. The first-order chi connectivity index (χ1) is 24.0. The summed E-state index contributed by atoms with van der Waals surface area (Å²) in [7, 11) is 0. The van der Waals surface area contributed by atoms with Crippen molar-refractivity contribution in [2.24, 2.45) is 5.92 Å². The number of nitrogens with zero attached hydrogens (tertiary/aromatic N) is 3. The Morgan fingerprint density at radius 2 is 1.59 bits per heavy atom. The highest BCUT2D eigenvalue weighted by atomic mass is 35.5. The van der Waals surface area contributed by atoms with E-state index < -0.39 is 59.4 Å². The first-order valence-corrected chi connectivity index (χ1v) is 15.7. The van der Waals surface area contributed by atoms with Gasteiger partial charge in [0, 0.05) is 61.6 Å².